The molecule has 2 atom stereocenters. The average Bonchev–Trinajstić information content (AvgIpc) is 2.86. The van der Waals surface area contributed by atoms with E-state index in [0.717, 1.165) is 30.9 Å². The smallest absolute Gasteiger partial charge is 0.213 e. The summed E-state index contributed by atoms with van der Waals surface area (Å²) in [4.78, 5) is 16.7. The minimum absolute atomic E-state index is 0.0496. The molecule has 6 heteroatoms. The van der Waals surface area contributed by atoms with Gasteiger partial charge in [-0.2, -0.15) is 16.9 Å². The maximum absolute atomic E-state index is 12.6. The molecule has 1 aromatic heterocycles. The summed E-state index contributed by atoms with van der Waals surface area (Å²) in [6, 6.07) is 0. The van der Waals surface area contributed by atoms with Crippen LogP contribution >= 0.6 is 23.5 Å². The van der Waals surface area contributed by atoms with Crippen molar-refractivity contribution in [1.29, 1.82) is 0 Å². The minimum atomic E-state index is 0.0496. The van der Waals surface area contributed by atoms with Gasteiger partial charge in [0.1, 0.15) is 6.33 Å². The maximum atomic E-state index is 12.6. The number of hydrogen-bond acceptors (Lipinski definition) is 5. The molecule has 0 aromatic carbocycles. The summed E-state index contributed by atoms with van der Waals surface area (Å²) in [6.45, 7) is 5.00. The van der Waals surface area contributed by atoms with Gasteiger partial charge < -0.3 is 0 Å². The molecule has 0 radical (unpaired) electrons. The topological polar surface area (TPSA) is 47.8 Å². The lowest BCUT2D eigenvalue weighted by Crippen LogP contribution is -2.34. The van der Waals surface area contributed by atoms with Crippen molar-refractivity contribution in [2.24, 2.45) is 0 Å². The Balaban J connectivity index is 2.16. The largest absolute Gasteiger partial charge is 0.289 e. The van der Waals surface area contributed by atoms with Crippen LogP contribution in [0.15, 0.2) is 6.33 Å². The van der Waals surface area contributed by atoms with Gasteiger partial charge in [0.15, 0.2) is 5.82 Å². The van der Waals surface area contributed by atoms with Crippen molar-refractivity contribution in [2.75, 3.05) is 11.5 Å². The van der Waals surface area contributed by atoms with Crippen molar-refractivity contribution < 1.29 is 4.79 Å². The molecule has 1 aliphatic rings. The van der Waals surface area contributed by atoms with Crippen LogP contribution in [0.1, 0.15) is 37.3 Å². The SMILES string of the molecule is CCCn1ncnc1C(=O)C1SCCSC1CC. The highest BCUT2D eigenvalue weighted by Gasteiger charge is 2.33. The van der Waals surface area contributed by atoms with Crippen molar-refractivity contribution in [3.05, 3.63) is 12.2 Å². The molecule has 0 amide bonds. The van der Waals surface area contributed by atoms with E-state index in [0.29, 0.717) is 11.1 Å². The van der Waals surface area contributed by atoms with E-state index < -0.39 is 0 Å². The second-order valence-electron chi connectivity index (χ2n) is 4.28. The zero-order valence-electron chi connectivity index (χ0n) is 10.8. The molecule has 2 rings (SSSR count). The van der Waals surface area contributed by atoms with E-state index in [4.69, 9.17) is 0 Å². The van der Waals surface area contributed by atoms with Gasteiger partial charge in [-0.3, -0.25) is 4.79 Å². The number of aromatic nitrogens is 3. The maximum Gasteiger partial charge on any atom is 0.213 e. The molecular formula is C12H19N3OS2. The lowest BCUT2D eigenvalue weighted by Gasteiger charge is -2.28. The summed E-state index contributed by atoms with van der Waals surface area (Å²) in [7, 11) is 0. The summed E-state index contributed by atoms with van der Waals surface area (Å²) in [5.74, 6) is 2.90. The molecule has 1 aliphatic heterocycles. The van der Waals surface area contributed by atoms with Crippen LogP contribution in [0, 0.1) is 0 Å². The second kappa shape index (κ2) is 6.61. The Morgan fingerprint density at radius 3 is 2.94 bits per heavy atom. The van der Waals surface area contributed by atoms with Gasteiger partial charge >= 0.3 is 0 Å². The number of carbonyl (C=O) groups is 1. The monoisotopic (exact) mass is 285 g/mol. The van der Waals surface area contributed by atoms with Crippen LogP contribution in [0.25, 0.3) is 0 Å². The van der Waals surface area contributed by atoms with E-state index in [1.165, 1.54) is 6.33 Å². The van der Waals surface area contributed by atoms with Gasteiger partial charge in [0.25, 0.3) is 0 Å². The molecule has 2 heterocycles. The molecule has 0 saturated carbocycles. The zero-order chi connectivity index (χ0) is 13.0. The van der Waals surface area contributed by atoms with Gasteiger partial charge in [0.05, 0.1) is 5.25 Å². The first-order valence-corrected chi connectivity index (χ1v) is 8.52. The highest BCUT2D eigenvalue weighted by Crippen LogP contribution is 2.34. The number of hydrogen-bond donors (Lipinski definition) is 0. The highest BCUT2D eigenvalue weighted by molar-refractivity contribution is 8.07. The molecule has 4 nitrogen and oxygen atoms in total. The molecule has 1 aromatic rings. The average molecular weight is 285 g/mol. The third kappa shape index (κ3) is 2.91. The predicted molar refractivity (Wildman–Crippen MR) is 77.4 cm³/mol. The second-order valence-corrected chi connectivity index (χ2v) is 6.88. The van der Waals surface area contributed by atoms with E-state index in [1.54, 1.807) is 16.4 Å². The quantitative estimate of drug-likeness (QED) is 0.778. The van der Waals surface area contributed by atoms with Crippen LogP contribution < -0.4 is 0 Å². The third-order valence-corrected chi connectivity index (χ3v) is 6.23. The number of carbonyl (C=O) groups excluding carboxylic acids is 1. The van der Waals surface area contributed by atoms with Crippen LogP contribution in [0.4, 0.5) is 0 Å². The zero-order valence-corrected chi connectivity index (χ0v) is 12.5. The molecule has 0 aliphatic carbocycles. The number of aryl methyl sites for hydroxylation is 1. The summed E-state index contributed by atoms with van der Waals surface area (Å²) in [5.41, 5.74) is 0. The van der Waals surface area contributed by atoms with Gasteiger partial charge in [-0.15, -0.1) is 11.8 Å². The fourth-order valence-electron chi connectivity index (χ4n) is 2.10. The first-order valence-electron chi connectivity index (χ1n) is 6.43. The summed E-state index contributed by atoms with van der Waals surface area (Å²) < 4.78 is 1.74. The van der Waals surface area contributed by atoms with Crippen LogP contribution in [0.5, 0.6) is 0 Å². The van der Waals surface area contributed by atoms with Crippen LogP contribution in [0.3, 0.4) is 0 Å². The van der Waals surface area contributed by atoms with E-state index in [2.05, 4.69) is 23.9 Å². The standard InChI is InChI=1S/C12H19N3OS2/c1-3-5-15-12(13-8-14-15)10(16)11-9(4-2)17-6-7-18-11/h8-9,11H,3-7H2,1-2H3. The molecular weight excluding hydrogens is 266 g/mol. The van der Waals surface area contributed by atoms with E-state index >= 15 is 0 Å². The van der Waals surface area contributed by atoms with Crippen molar-refractivity contribution in [1.82, 2.24) is 14.8 Å². The number of rotatable bonds is 5. The Morgan fingerprint density at radius 1 is 1.44 bits per heavy atom. The molecule has 100 valence electrons. The molecule has 18 heavy (non-hydrogen) atoms. The molecule has 1 saturated heterocycles. The number of thioether (sulfide) groups is 2. The first kappa shape index (κ1) is 13.9. The van der Waals surface area contributed by atoms with Crippen molar-refractivity contribution in [3.63, 3.8) is 0 Å². The fourth-order valence-corrected chi connectivity index (χ4v) is 5.10. The van der Waals surface area contributed by atoms with Gasteiger partial charge in [-0.05, 0) is 12.8 Å². The molecule has 2 unspecified atom stereocenters. The Bertz CT molecular complexity index is 408. The molecule has 0 bridgehead atoms. The van der Waals surface area contributed by atoms with Crippen molar-refractivity contribution >= 4 is 29.3 Å². The third-order valence-electron chi connectivity index (χ3n) is 2.98. The van der Waals surface area contributed by atoms with Gasteiger partial charge in [0.2, 0.25) is 5.78 Å². The normalized spacial score (nSPS) is 24.1. The number of Topliss-reactive ketones (excluding diaryl/α,β-unsaturated/α-hetero) is 1. The van der Waals surface area contributed by atoms with Crippen molar-refractivity contribution in [3.8, 4) is 0 Å². The molecule has 0 spiro atoms. The first-order chi connectivity index (χ1) is 8.77. The number of ketones is 1. The fraction of sp³-hybridized carbons (Fsp3) is 0.750. The Morgan fingerprint density at radius 2 is 2.22 bits per heavy atom. The van der Waals surface area contributed by atoms with Gasteiger partial charge in [-0.25, -0.2) is 9.67 Å². The molecule has 1 fully saturated rings. The van der Waals surface area contributed by atoms with Crippen LogP contribution in [-0.4, -0.2) is 42.6 Å². The lowest BCUT2D eigenvalue weighted by molar-refractivity contribution is 0.0972. The van der Waals surface area contributed by atoms with Crippen LogP contribution in [-0.2, 0) is 6.54 Å². The minimum Gasteiger partial charge on any atom is -0.289 e. The van der Waals surface area contributed by atoms with Gasteiger partial charge in [-0.1, -0.05) is 13.8 Å². The Kier molecular flexibility index (Phi) is 5.12. The van der Waals surface area contributed by atoms with E-state index in [9.17, 15) is 4.79 Å². The number of nitrogens with zero attached hydrogens (tertiary/aromatic N) is 3. The Hall–Kier alpha value is -0.490. The lowest BCUT2D eigenvalue weighted by atomic mass is 10.1. The Labute approximate surface area is 116 Å². The summed E-state index contributed by atoms with van der Waals surface area (Å²) in [6.07, 6.45) is 3.49. The summed E-state index contributed by atoms with van der Waals surface area (Å²) >= 11 is 3.69. The predicted octanol–water partition coefficient (Wildman–Crippen LogP) is 2.50. The summed E-state index contributed by atoms with van der Waals surface area (Å²) in [5, 5.41) is 4.61. The van der Waals surface area contributed by atoms with Crippen LogP contribution in [0.2, 0.25) is 0 Å². The highest BCUT2D eigenvalue weighted by atomic mass is 32.2. The van der Waals surface area contributed by atoms with E-state index in [-0.39, 0.29) is 11.0 Å². The van der Waals surface area contributed by atoms with Gasteiger partial charge in [0, 0.05) is 23.3 Å². The molecule has 0 N–H and O–H groups in total. The van der Waals surface area contributed by atoms with E-state index in [1.807, 2.05) is 11.8 Å². The van der Waals surface area contributed by atoms with Crippen molar-refractivity contribution in [2.45, 2.75) is 43.7 Å².